The Labute approximate surface area is 125 Å². The van der Waals surface area contributed by atoms with E-state index >= 15 is 0 Å². The Hall–Kier alpha value is -1.46. The highest BCUT2D eigenvalue weighted by Gasteiger charge is 2.31. The summed E-state index contributed by atoms with van der Waals surface area (Å²) < 4.78 is 32.8. The van der Waals surface area contributed by atoms with E-state index in [1.165, 1.54) is 18.5 Å². The third-order valence-electron chi connectivity index (χ3n) is 3.42. The van der Waals surface area contributed by atoms with Crippen molar-refractivity contribution in [3.05, 3.63) is 24.0 Å². The van der Waals surface area contributed by atoms with Gasteiger partial charge in [-0.3, -0.25) is 4.98 Å². The molecular weight excluding hydrogens is 290 g/mol. The van der Waals surface area contributed by atoms with Crippen molar-refractivity contribution in [3.8, 4) is 11.8 Å². The van der Waals surface area contributed by atoms with Crippen LogP contribution in [0.1, 0.15) is 24.8 Å². The van der Waals surface area contributed by atoms with Crippen molar-refractivity contribution in [2.45, 2.75) is 36.3 Å². The van der Waals surface area contributed by atoms with Gasteiger partial charge in [-0.25, -0.2) is 13.1 Å². The van der Waals surface area contributed by atoms with E-state index in [1.54, 1.807) is 7.11 Å². The second-order valence-corrected chi connectivity index (χ2v) is 6.56. The summed E-state index contributed by atoms with van der Waals surface area (Å²) in [5, 5.41) is 0. The molecule has 1 fully saturated rings. The Balaban J connectivity index is 2.19. The third kappa shape index (κ3) is 4.02. The molecule has 2 atom stereocenters. The van der Waals surface area contributed by atoms with E-state index in [0.717, 1.165) is 19.3 Å². The van der Waals surface area contributed by atoms with Gasteiger partial charge in [-0.05, 0) is 25.3 Å². The molecule has 7 heteroatoms. The van der Waals surface area contributed by atoms with Crippen LogP contribution in [0.4, 0.5) is 0 Å². The van der Waals surface area contributed by atoms with Crippen molar-refractivity contribution in [3.63, 3.8) is 0 Å². The van der Waals surface area contributed by atoms with Gasteiger partial charge in [-0.2, -0.15) is 0 Å². The number of ether oxygens (including phenoxy) is 1. The third-order valence-corrected chi connectivity index (χ3v) is 4.88. The van der Waals surface area contributed by atoms with Gasteiger partial charge in [0.15, 0.2) is 0 Å². The number of nitrogens with one attached hydrogen (secondary N) is 1. The average Bonchev–Trinajstić information content (AvgIpc) is 2.92. The van der Waals surface area contributed by atoms with Gasteiger partial charge in [0, 0.05) is 31.1 Å². The van der Waals surface area contributed by atoms with E-state index in [1.807, 2.05) is 0 Å². The fourth-order valence-electron chi connectivity index (χ4n) is 2.40. The van der Waals surface area contributed by atoms with Crippen molar-refractivity contribution >= 4 is 10.0 Å². The minimum atomic E-state index is -3.63. The van der Waals surface area contributed by atoms with Gasteiger partial charge in [-0.15, -0.1) is 0 Å². The lowest BCUT2D eigenvalue weighted by Gasteiger charge is -2.19. The van der Waals surface area contributed by atoms with E-state index < -0.39 is 10.0 Å². The van der Waals surface area contributed by atoms with Crippen LogP contribution in [0, 0.1) is 11.8 Å². The van der Waals surface area contributed by atoms with Crippen LogP contribution in [0.15, 0.2) is 23.4 Å². The first kappa shape index (κ1) is 15.9. The fourth-order valence-corrected chi connectivity index (χ4v) is 3.68. The zero-order valence-electron chi connectivity index (χ0n) is 11.9. The second-order valence-electron chi connectivity index (χ2n) is 4.85. The number of aromatic nitrogens is 1. The van der Waals surface area contributed by atoms with Crippen LogP contribution in [0.25, 0.3) is 0 Å². The van der Waals surface area contributed by atoms with Crippen LogP contribution < -0.4 is 10.5 Å². The standard InChI is InChI=1S/C14H19N3O3S/c1-20-14-6-2-5-13(14)17-21(18,19)12-8-11(4-3-7-15)9-16-10-12/h8-10,13-14,17H,2,5-7,15H2,1H3. The van der Waals surface area contributed by atoms with E-state index in [0.29, 0.717) is 5.56 Å². The lowest BCUT2D eigenvalue weighted by atomic mass is 10.2. The molecule has 0 aromatic carbocycles. The highest BCUT2D eigenvalue weighted by molar-refractivity contribution is 7.89. The van der Waals surface area contributed by atoms with Gasteiger partial charge in [-0.1, -0.05) is 11.8 Å². The van der Waals surface area contributed by atoms with Gasteiger partial charge >= 0.3 is 0 Å². The lowest BCUT2D eigenvalue weighted by Crippen LogP contribution is -2.40. The molecule has 0 amide bonds. The highest BCUT2D eigenvalue weighted by Crippen LogP contribution is 2.23. The molecule has 6 nitrogen and oxygen atoms in total. The molecule has 1 aliphatic carbocycles. The molecule has 1 aliphatic rings. The smallest absolute Gasteiger partial charge is 0.242 e. The van der Waals surface area contributed by atoms with Crippen LogP contribution in [0.3, 0.4) is 0 Å². The van der Waals surface area contributed by atoms with Crippen molar-refractivity contribution in [2.75, 3.05) is 13.7 Å². The van der Waals surface area contributed by atoms with E-state index in [9.17, 15) is 8.42 Å². The van der Waals surface area contributed by atoms with Crippen LogP contribution in [0.2, 0.25) is 0 Å². The number of sulfonamides is 1. The molecule has 1 heterocycles. The number of hydrogen-bond acceptors (Lipinski definition) is 5. The van der Waals surface area contributed by atoms with E-state index in [4.69, 9.17) is 10.5 Å². The summed E-state index contributed by atoms with van der Waals surface area (Å²) in [5.41, 5.74) is 5.83. The first-order valence-electron chi connectivity index (χ1n) is 6.76. The lowest BCUT2D eigenvalue weighted by molar-refractivity contribution is 0.0916. The van der Waals surface area contributed by atoms with Crippen LogP contribution in [-0.4, -0.2) is 39.2 Å². The summed E-state index contributed by atoms with van der Waals surface area (Å²) in [5.74, 6) is 5.45. The largest absolute Gasteiger partial charge is 0.380 e. The Bertz CT molecular complexity index is 649. The number of hydrogen-bond donors (Lipinski definition) is 2. The molecule has 0 radical (unpaired) electrons. The monoisotopic (exact) mass is 309 g/mol. The molecule has 0 aliphatic heterocycles. The number of pyridine rings is 1. The maximum Gasteiger partial charge on any atom is 0.242 e. The molecule has 1 aromatic heterocycles. The first-order valence-corrected chi connectivity index (χ1v) is 8.24. The first-order chi connectivity index (χ1) is 10.1. The zero-order chi connectivity index (χ0) is 15.3. The maximum absolute atomic E-state index is 12.4. The molecule has 1 saturated carbocycles. The zero-order valence-corrected chi connectivity index (χ0v) is 12.7. The molecule has 21 heavy (non-hydrogen) atoms. The SMILES string of the molecule is COC1CCCC1NS(=O)(=O)c1cncc(C#CCN)c1. The molecule has 2 unspecified atom stereocenters. The van der Waals surface area contributed by atoms with Gasteiger partial charge in [0.05, 0.1) is 12.6 Å². The summed E-state index contributed by atoms with van der Waals surface area (Å²) in [4.78, 5) is 4.03. The summed E-state index contributed by atoms with van der Waals surface area (Å²) in [7, 11) is -2.03. The van der Waals surface area contributed by atoms with E-state index in [2.05, 4.69) is 21.5 Å². The van der Waals surface area contributed by atoms with Crippen molar-refractivity contribution in [1.82, 2.24) is 9.71 Å². The van der Waals surface area contributed by atoms with Crippen LogP contribution in [0.5, 0.6) is 0 Å². The number of nitrogens with two attached hydrogens (primary N) is 1. The van der Waals surface area contributed by atoms with Gasteiger partial charge in [0.25, 0.3) is 0 Å². The summed E-state index contributed by atoms with van der Waals surface area (Å²) in [6.45, 7) is 0.215. The van der Waals surface area contributed by atoms with Crippen LogP contribution >= 0.6 is 0 Å². The molecule has 0 spiro atoms. The van der Waals surface area contributed by atoms with Gasteiger partial charge in [0.2, 0.25) is 10.0 Å². The molecule has 114 valence electrons. The van der Waals surface area contributed by atoms with Crippen molar-refractivity contribution in [1.29, 1.82) is 0 Å². The number of rotatable bonds is 4. The highest BCUT2D eigenvalue weighted by atomic mass is 32.2. The predicted molar refractivity (Wildman–Crippen MR) is 78.9 cm³/mol. The van der Waals surface area contributed by atoms with E-state index in [-0.39, 0.29) is 23.6 Å². The normalized spacial score (nSPS) is 21.8. The summed E-state index contributed by atoms with van der Waals surface area (Å²) in [6, 6.07) is 1.30. The quantitative estimate of drug-likeness (QED) is 0.777. The maximum atomic E-state index is 12.4. The molecular formula is C14H19N3O3S. The Morgan fingerprint density at radius 3 is 3.00 bits per heavy atom. The number of nitrogens with zero attached hydrogens (tertiary/aromatic N) is 1. The molecule has 1 aromatic rings. The average molecular weight is 309 g/mol. The van der Waals surface area contributed by atoms with Crippen LogP contribution in [-0.2, 0) is 14.8 Å². The van der Waals surface area contributed by atoms with Crippen molar-refractivity contribution in [2.24, 2.45) is 5.73 Å². The predicted octanol–water partition coefficient (Wildman–Crippen LogP) is 0.238. The minimum absolute atomic E-state index is 0.0760. The molecule has 3 N–H and O–H groups in total. The summed E-state index contributed by atoms with van der Waals surface area (Å²) >= 11 is 0. The topological polar surface area (TPSA) is 94.3 Å². The minimum Gasteiger partial charge on any atom is -0.380 e. The Morgan fingerprint density at radius 1 is 1.48 bits per heavy atom. The molecule has 0 bridgehead atoms. The van der Waals surface area contributed by atoms with Crippen molar-refractivity contribution < 1.29 is 13.2 Å². The Morgan fingerprint density at radius 2 is 2.29 bits per heavy atom. The van der Waals surface area contributed by atoms with Gasteiger partial charge < -0.3 is 10.5 Å². The summed E-state index contributed by atoms with van der Waals surface area (Å²) in [6.07, 6.45) is 5.34. The number of methoxy groups -OCH3 is 1. The fraction of sp³-hybridized carbons (Fsp3) is 0.500. The Kier molecular flexibility index (Phi) is 5.31. The second kappa shape index (κ2) is 7.00. The molecule has 0 saturated heterocycles. The molecule has 2 rings (SSSR count). The van der Waals surface area contributed by atoms with Gasteiger partial charge in [0.1, 0.15) is 4.90 Å².